The highest BCUT2D eigenvalue weighted by molar-refractivity contribution is 7.55. The van der Waals surface area contributed by atoms with Gasteiger partial charge in [-0.2, -0.15) is 4.98 Å². The average molecular weight is 447 g/mol. The standard InChI is InChI=1S/C21H39N2O6P/c1-9-12-13-14-21(7,8)19-22-17(29-23-19)15-16(18(24)28-20(4,5)6)30(25,26-10-2)27-11-3/h16H,9-15H2,1-8H3. The van der Waals surface area contributed by atoms with Crippen LogP contribution in [0.25, 0.3) is 0 Å². The molecule has 0 N–H and O–H groups in total. The van der Waals surface area contributed by atoms with Crippen LogP contribution < -0.4 is 0 Å². The third-order valence-corrected chi connectivity index (χ3v) is 6.92. The molecule has 0 amide bonds. The van der Waals surface area contributed by atoms with E-state index in [9.17, 15) is 9.36 Å². The van der Waals surface area contributed by atoms with E-state index in [4.69, 9.17) is 18.3 Å². The van der Waals surface area contributed by atoms with E-state index in [1.807, 2.05) is 0 Å². The molecule has 0 aliphatic heterocycles. The molecule has 0 aliphatic rings. The first kappa shape index (κ1) is 26.8. The van der Waals surface area contributed by atoms with Gasteiger partial charge in [-0.25, -0.2) is 0 Å². The minimum Gasteiger partial charge on any atom is -0.459 e. The number of carbonyl (C=O) groups is 1. The van der Waals surface area contributed by atoms with E-state index in [1.54, 1.807) is 34.6 Å². The van der Waals surface area contributed by atoms with Gasteiger partial charge in [0.25, 0.3) is 0 Å². The number of ether oxygens (including phenoxy) is 1. The zero-order chi connectivity index (χ0) is 23.0. The van der Waals surface area contributed by atoms with Gasteiger partial charge in [0.1, 0.15) is 5.60 Å². The van der Waals surface area contributed by atoms with Crippen molar-refractivity contribution in [1.82, 2.24) is 10.1 Å². The highest BCUT2D eigenvalue weighted by atomic mass is 31.2. The Morgan fingerprint density at radius 3 is 2.17 bits per heavy atom. The summed E-state index contributed by atoms with van der Waals surface area (Å²) in [7, 11) is -3.79. The molecule has 9 heteroatoms. The Bertz CT molecular complexity index is 701. The molecule has 0 saturated heterocycles. The summed E-state index contributed by atoms with van der Waals surface area (Å²) in [6.07, 6.45) is 4.18. The summed E-state index contributed by atoms with van der Waals surface area (Å²) in [5, 5.41) is 4.12. The Morgan fingerprint density at radius 1 is 1.07 bits per heavy atom. The van der Waals surface area contributed by atoms with Gasteiger partial charge in [0.15, 0.2) is 11.5 Å². The molecule has 8 nitrogen and oxygen atoms in total. The number of esters is 1. The Balaban J connectivity index is 3.14. The minimum atomic E-state index is -3.79. The third-order valence-electron chi connectivity index (χ3n) is 4.53. The summed E-state index contributed by atoms with van der Waals surface area (Å²) in [5.74, 6) is 0.109. The van der Waals surface area contributed by atoms with Gasteiger partial charge in [-0.1, -0.05) is 45.2 Å². The smallest absolute Gasteiger partial charge is 0.345 e. The number of carbonyl (C=O) groups excluding carboxylic acids is 1. The summed E-state index contributed by atoms with van der Waals surface area (Å²) in [6, 6.07) is 0. The van der Waals surface area contributed by atoms with Gasteiger partial charge in [-0.3, -0.25) is 9.36 Å². The fourth-order valence-corrected chi connectivity index (χ4v) is 4.82. The molecule has 0 aromatic carbocycles. The van der Waals surface area contributed by atoms with E-state index in [0.717, 1.165) is 25.7 Å². The van der Waals surface area contributed by atoms with Crippen molar-refractivity contribution in [3.63, 3.8) is 0 Å². The molecule has 1 atom stereocenters. The predicted molar refractivity (Wildman–Crippen MR) is 116 cm³/mol. The molecule has 1 aromatic rings. The molecule has 0 saturated carbocycles. The molecular weight excluding hydrogens is 407 g/mol. The molecule has 0 aliphatic carbocycles. The van der Waals surface area contributed by atoms with Crippen molar-refractivity contribution in [3.8, 4) is 0 Å². The maximum Gasteiger partial charge on any atom is 0.345 e. The lowest BCUT2D eigenvalue weighted by atomic mass is 9.86. The third kappa shape index (κ3) is 8.12. The quantitative estimate of drug-likeness (QED) is 0.224. The van der Waals surface area contributed by atoms with Crippen molar-refractivity contribution in [2.75, 3.05) is 13.2 Å². The largest absolute Gasteiger partial charge is 0.459 e. The number of hydrogen-bond acceptors (Lipinski definition) is 8. The molecule has 0 radical (unpaired) electrons. The van der Waals surface area contributed by atoms with Crippen LogP contribution in [0, 0.1) is 0 Å². The van der Waals surface area contributed by atoms with Crippen LogP contribution in [0.1, 0.15) is 92.8 Å². The zero-order valence-corrected chi connectivity index (χ0v) is 20.7. The van der Waals surface area contributed by atoms with Gasteiger partial charge in [0.05, 0.1) is 19.6 Å². The van der Waals surface area contributed by atoms with Crippen molar-refractivity contribution in [1.29, 1.82) is 0 Å². The number of aromatic nitrogens is 2. The van der Waals surface area contributed by atoms with E-state index in [1.165, 1.54) is 0 Å². The van der Waals surface area contributed by atoms with E-state index in [0.29, 0.717) is 5.82 Å². The molecule has 1 unspecified atom stereocenters. The van der Waals surface area contributed by atoms with Crippen molar-refractivity contribution >= 4 is 13.6 Å². The Labute approximate surface area is 181 Å². The summed E-state index contributed by atoms with van der Waals surface area (Å²) in [5.41, 5.74) is -2.20. The van der Waals surface area contributed by atoms with Gasteiger partial charge < -0.3 is 18.3 Å². The van der Waals surface area contributed by atoms with Gasteiger partial charge in [0, 0.05) is 5.41 Å². The molecule has 30 heavy (non-hydrogen) atoms. The SMILES string of the molecule is CCCCCC(C)(C)c1noc(CC(C(=O)OC(C)(C)C)P(=O)(OCC)OCC)n1. The van der Waals surface area contributed by atoms with Crippen LogP contribution in [0.2, 0.25) is 0 Å². The second-order valence-corrected chi connectivity index (χ2v) is 11.2. The second kappa shape index (κ2) is 11.4. The number of rotatable bonds is 13. The molecule has 0 spiro atoms. The lowest BCUT2D eigenvalue weighted by Crippen LogP contribution is -2.34. The molecule has 0 bridgehead atoms. The highest BCUT2D eigenvalue weighted by Gasteiger charge is 2.45. The second-order valence-electron chi connectivity index (χ2n) is 8.98. The average Bonchev–Trinajstić information content (AvgIpc) is 3.08. The van der Waals surface area contributed by atoms with Crippen LogP contribution >= 0.6 is 7.60 Å². The number of unbranched alkanes of at least 4 members (excludes halogenated alkanes) is 2. The van der Waals surface area contributed by atoms with E-state index < -0.39 is 24.8 Å². The molecule has 174 valence electrons. The van der Waals surface area contributed by atoms with Crippen LogP contribution in [0.4, 0.5) is 0 Å². The zero-order valence-electron chi connectivity index (χ0n) is 19.8. The first-order valence-corrected chi connectivity index (χ1v) is 12.4. The summed E-state index contributed by atoms with van der Waals surface area (Å²) >= 11 is 0. The molecule has 0 fully saturated rings. The normalized spacial score (nSPS) is 14.0. The Morgan fingerprint density at radius 2 is 1.67 bits per heavy atom. The Hall–Kier alpha value is -1.24. The summed E-state index contributed by atoms with van der Waals surface area (Å²) in [4.78, 5) is 17.4. The summed E-state index contributed by atoms with van der Waals surface area (Å²) in [6.45, 7) is 15.2. The van der Waals surface area contributed by atoms with Crippen molar-refractivity contribution < 1.29 is 27.7 Å². The molecular formula is C21H39N2O6P. The van der Waals surface area contributed by atoms with Crippen LogP contribution in [-0.4, -0.2) is 40.6 Å². The lowest BCUT2D eigenvalue weighted by Gasteiger charge is -2.27. The van der Waals surface area contributed by atoms with Crippen LogP contribution in [0.3, 0.4) is 0 Å². The van der Waals surface area contributed by atoms with Crippen LogP contribution in [0.5, 0.6) is 0 Å². The van der Waals surface area contributed by atoms with Gasteiger partial charge >= 0.3 is 13.6 Å². The molecule has 1 rings (SSSR count). The van der Waals surface area contributed by atoms with Crippen LogP contribution in [-0.2, 0) is 35.0 Å². The lowest BCUT2D eigenvalue weighted by molar-refractivity contribution is -0.154. The first-order valence-electron chi connectivity index (χ1n) is 10.8. The highest BCUT2D eigenvalue weighted by Crippen LogP contribution is 2.54. The molecule has 1 aromatic heterocycles. The van der Waals surface area contributed by atoms with E-state index in [-0.39, 0.29) is 30.9 Å². The first-order chi connectivity index (χ1) is 13.9. The predicted octanol–water partition coefficient (Wildman–Crippen LogP) is 5.45. The fourth-order valence-electron chi connectivity index (χ4n) is 2.98. The van der Waals surface area contributed by atoms with Gasteiger partial charge in [-0.15, -0.1) is 0 Å². The maximum absolute atomic E-state index is 13.4. The van der Waals surface area contributed by atoms with Crippen molar-refractivity contribution in [2.24, 2.45) is 0 Å². The maximum atomic E-state index is 13.4. The van der Waals surface area contributed by atoms with Crippen LogP contribution in [0.15, 0.2) is 4.52 Å². The van der Waals surface area contributed by atoms with Crippen molar-refractivity contribution in [3.05, 3.63) is 11.7 Å². The fraction of sp³-hybridized carbons (Fsp3) is 0.857. The molecule has 1 heterocycles. The monoisotopic (exact) mass is 446 g/mol. The summed E-state index contributed by atoms with van der Waals surface area (Å²) < 4.78 is 35.1. The van der Waals surface area contributed by atoms with E-state index >= 15 is 0 Å². The van der Waals surface area contributed by atoms with Gasteiger partial charge in [0.2, 0.25) is 5.89 Å². The topological polar surface area (TPSA) is 101 Å². The Kier molecular flexibility index (Phi) is 10.2. The van der Waals surface area contributed by atoms with E-state index in [2.05, 4.69) is 30.9 Å². The van der Waals surface area contributed by atoms with Gasteiger partial charge in [-0.05, 0) is 41.0 Å². The van der Waals surface area contributed by atoms with Crippen molar-refractivity contribution in [2.45, 2.75) is 104 Å². The number of hydrogen-bond donors (Lipinski definition) is 0. The number of nitrogens with zero attached hydrogens (tertiary/aromatic N) is 2. The minimum absolute atomic E-state index is 0.0791.